The Kier molecular flexibility index (Phi) is 3.00. The number of nitrogens with zero attached hydrogens (tertiary/aromatic N) is 4. The second-order valence-electron chi connectivity index (χ2n) is 4.26. The van der Waals surface area contributed by atoms with Crippen LogP contribution in [0.3, 0.4) is 0 Å². The van der Waals surface area contributed by atoms with Crippen LogP contribution in [0.5, 0.6) is 0 Å². The summed E-state index contributed by atoms with van der Waals surface area (Å²) in [5.74, 6) is 0.273. The lowest BCUT2D eigenvalue weighted by molar-refractivity contribution is -0.670. The molecule has 0 bridgehead atoms. The van der Waals surface area contributed by atoms with Gasteiger partial charge in [0.1, 0.15) is 12.4 Å². The second-order valence-corrected chi connectivity index (χ2v) is 4.26. The van der Waals surface area contributed by atoms with Gasteiger partial charge in [0.05, 0.1) is 7.05 Å². The van der Waals surface area contributed by atoms with E-state index in [2.05, 4.69) is 10.6 Å². The van der Waals surface area contributed by atoms with Gasteiger partial charge in [0.25, 0.3) is 12.5 Å². The van der Waals surface area contributed by atoms with Crippen molar-refractivity contribution in [1.82, 2.24) is 9.84 Å². The zero-order valence-electron chi connectivity index (χ0n) is 10.8. The summed E-state index contributed by atoms with van der Waals surface area (Å²) in [6.07, 6.45) is 6.68. The first kappa shape index (κ1) is 12.1. The molecule has 1 N–H and O–H groups in total. The Morgan fingerprint density at radius 2 is 2.15 bits per heavy atom. The van der Waals surface area contributed by atoms with Gasteiger partial charge in [-0.1, -0.05) is 18.2 Å². The van der Waals surface area contributed by atoms with E-state index in [1.54, 1.807) is 34.2 Å². The number of imidazole rings is 1. The van der Waals surface area contributed by atoms with Crippen molar-refractivity contribution in [3.05, 3.63) is 55.2 Å². The molecule has 100 valence electrons. The molecule has 0 atom stereocenters. The van der Waals surface area contributed by atoms with Crippen LogP contribution >= 0.6 is 0 Å². The number of benzene rings is 1. The van der Waals surface area contributed by atoms with Gasteiger partial charge in [-0.25, -0.2) is 14.7 Å². The fourth-order valence-electron chi connectivity index (χ4n) is 1.74. The predicted octanol–water partition coefficient (Wildman–Crippen LogP) is 0.657. The number of hydrogen-bond donors (Lipinski definition) is 1. The smallest absolute Gasteiger partial charge is 0.281 e. The Hall–Kier alpha value is -2.96. The molecule has 1 amide bonds. The molecule has 0 saturated heterocycles. The monoisotopic (exact) mass is 271 g/mol. The Bertz CT molecular complexity index is 732. The molecule has 3 rings (SSSR count). The zero-order chi connectivity index (χ0) is 13.9. The van der Waals surface area contributed by atoms with E-state index in [0.717, 1.165) is 5.69 Å². The van der Waals surface area contributed by atoms with Crippen LogP contribution in [0.25, 0.3) is 5.69 Å². The Labute approximate surface area is 114 Å². The van der Waals surface area contributed by atoms with Gasteiger partial charge < -0.3 is 0 Å². The highest BCUT2D eigenvalue weighted by Gasteiger charge is 2.19. The van der Waals surface area contributed by atoms with Crippen LogP contribution in [0.2, 0.25) is 0 Å². The molecule has 0 radical (unpaired) electrons. The maximum atomic E-state index is 11.9. The quantitative estimate of drug-likeness (QED) is 0.696. The van der Waals surface area contributed by atoms with Crippen molar-refractivity contribution in [3.63, 3.8) is 0 Å². The zero-order valence-corrected chi connectivity index (χ0v) is 10.8. The average molecular weight is 271 g/mol. The van der Waals surface area contributed by atoms with E-state index >= 15 is 0 Å². The first-order valence-electron chi connectivity index (χ1n) is 6.01. The molecule has 3 aromatic rings. The largest absolute Gasteiger partial charge is 0.420 e. The molecule has 0 aliphatic rings. The van der Waals surface area contributed by atoms with E-state index in [-0.39, 0.29) is 11.9 Å². The number of carbonyl (C=O) groups is 1. The lowest BCUT2D eigenvalue weighted by atomic mass is 10.3. The van der Waals surface area contributed by atoms with Crippen molar-refractivity contribution in [2.45, 2.75) is 0 Å². The predicted molar refractivity (Wildman–Crippen MR) is 68.1 cm³/mol. The number of aryl methyl sites for hydroxylation is 1. The Balaban J connectivity index is 1.76. The molecule has 0 fully saturated rings. The normalized spacial score (nSPS) is 10.4. The van der Waals surface area contributed by atoms with Crippen molar-refractivity contribution < 1.29 is 18.6 Å². The molecule has 0 saturated carbocycles. The first-order chi connectivity index (χ1) is 9.72. The summed E-state index contributed by atoms with van der Waals surface area (Å²) in [6.45, 7) is 0. The van der Waals surface area contributed by atoms with Gasteiger partial charge in [-0.2, -0.15) is 4.57 Å². The van der Waals surface area contributed by atoms with Gasteiger partial charge in [0.15, 0.2) is 0 Å². The molecule has 0 unspecified atom stereocenters. The number of aromatic nitrogens is 4. The van der Waals surface area contributed by atoms with Crippen molar-refractivity contribution in [2.24, 2.45) is 7.05 Å². The highest BCUT2D eigenvalue weighted by atomic mass is 16.5. The standard InChI is InChI=1S/C13H12N5O2/c1-16-7-8-17(10-16)13(19)14-12-9-18(15-20-12)11-5-3-2-4-6-11/h2-10H,1H3/q+1/p+1. The lowest BCUT2D eigenvalue weighted by Crippen LogP contribution is -2.31. The van der Waals surface area contributed by atoms with Crippen LogP contribution in [0.4, 0.5) is 10.7 Å². The fraction of sp³-hybridized carbons (Fsp3) is 0.0769. The summed E-state index contributed by atoms with van der Waals surface area (Å²) in [4.78, 5) is 11.9. The minimum Gasteiger partial charge on any atom is -0.281 e. The fourth-order valence-corrected chi connectivity index (χ4v) is 1.74. The number of hydrogen-bond acceptors (Lipinski definition) is 3. The number of para-hydroxylation sites is 1. The molecule has 1 aromatic carbocycles. The van der Waals surface area contributed by atoms with Crippen molar-refractivity contribution in [3.8, 4) is 5.69 Å². The second kappa shape index (κ2) is 4.96. The molecule has 0 aliphatic heterocycles. The molecule has 2 heterocycles. The Morgan fingerprint density at radius 1 is 1.35 bits per heavy atom. The highest BCUT2D eigenvalue weighted by molar-refractivity contribution is 5.89. The molecule has 0 spiro atoms. The third-order valence-electron chi connectivity index (χ3n) is 2.72. The summed E-state index contributed by atoms with van der Waals surface area (Å²) in [5, 5.41) is 6.47. The van der Waals surface area contributed by atoms with Gasteiger partial charge >= 0.3 is 11.9 Å². The number of amides is 1. The van der Waals surface area contributed by atoms with Crippen molar-refractivity contribution in [1.29, 1.82) is 0 Å². The maximum Gasteiger partial charge on any atom is 0.420 e. The van der Waals surface area contributed by atoms with Crippen molar-refractivity contribution >= 4 is 11.9 Å². The number of anilines is 1. The van der Waals surface area contributed by atoms with Gasteiger partial charge in [-0.3, -0.25) is 4.52 Å². The third-order valence-corrected chi connectivity index (χ3v) is 2.72. The summed E-state index contributed by atoms with van der Waals surface area (Å²) in [6, 6.07) is 9.17. The third kappa shape index (κ3) is 2.41. The number of rotatable bonds is 2. The lowest BCUT2D eigenvalue weighted by Gasteiger charge is -1.91. The molecule has 20 heavy (non-hydrogen) atoms. The number of nitrogens with one attached hydrogen (secondary N) is 1. The van der Waals surface area contributed by atoms with Gasteiger partial charge in [-0.05, 0) is 4.68 Å². The average Bonchev–Trinajstić information content (AvgIpc) is 3.09. The Morgan fingerprint density at radius 3 is 2.85 bits per heavy atom. The summed E-state index contributed by atoms with van der Waals surface area (Å²) < 4.78 is 9.81. The summed E-state index contributed by atoms with van der Waals surface area (Å²) in [5.41, 5.74) is 0.851. The van der Waals surface area contributed by atoms with Crippen LogP contribution < -0.4 is 14.6 Å². The summed E-state index contributed by atoms with van der Waals surface area (Å²) in [7, 11) is 1.83. The van der Waals surface area contributed by atoms with E-state index in [9.17, 15) is 4.79 Å². The molecule has 7 heteroatoms. The van der Waals surface area contributed by atoms with E-state index < -0.39 is 0 Å². The summed E-state index contributed by atoms with van der Waals surface area (Å²) >= 11 is 0. The highest BCUT2D eigenvalue weighted by Crippen LogP contribution is 2.04. The van der Waals surface area contributed by atoms with Gasteiger partial charge in [0.2, 0.25) is 11.0 Å². The number of carbonyl (C=O) groups excluding carboxylic acids is 1. The van der Waals surface area contributed by atoms with E-state index in [1.807, 2.05) is 37.4 Å². The van der Waals surface area contributed by atoms with Crippen LogP contribution in [0.15, 0.2) is 59.8 Å². The SMILES string of the molecule is C[n+]1ccn(C(=O)Nc2c[n+](-c3ccccc3)no2)c1. The van der Waals surface area contributed by atoms with Crippen LogP contribution in [-0.2, 0) is 7.05 Å². The molecule has 2 aromatic heterocycles. The molecular formula is C13H13N5O2+2. The van der Waals surface area contributed by atoms with Gasteiger partial charge in [0, 0.05) is 12.1 Å². The van der Waals surface area contributed by atoms with E-state index in [1.165, 1.54) is 4.57 Å². The minimum absolute atomic E-state index is 0.273. The van der Waals surface area contributed by atoms with Crippen LogP contribution in [-0.4, -0.2) is 15.9 Å². The molecule has 7 nitrogen and oxygen atoms in total. The topological polar surface area (TPSA) is 67.8 Å². The van der Waals surface area contributed by atoms with Gasteiger partial charge in [-0.15, -0.1) is 0 Å². The van der Waals surface area contributed by atoms with E-state index in [0.29, 0.717) is 0 Å². The molecular weight excluding hydrogens is 258 g/mol. The maximum absolute atomic E-state index is 11.9. The van der Waals surface area contributed by atoms with Crippen LogP contribution in [0.1, 0.15) is 0 Å². The van der Waals surface area contributed by atoms with E-state index in [4.69, 9.17) is 4.52 Å². The van der Waals surface area contributed by atoms with Crippen LogP contribution in [0, 0.1) is 0 Å². The van der Waals surface area contributed by atoms with Crippen molar-refractivity contribution in [2.75, 3.05) is 5.32 Å². The first-order valence-corrected chi connectivity index (χ1v) is 6.01. The minimum atomic E-state index is -0.318. The molecule has 0 aliphatic carbocycles.